The second kappa shape index (κ2) is 12.0. The van der Waals surface area contributed by atoms with Crippen LogP contribution in [0.3, 0.4) is 0 Å². The number of amides is 1. The van der Waals surface area contributed by atoms with Gasteiger partial charge in [0.25, 0.3) is 0 Å². The molecule has 1 amide bonds. The monoisotopic (exact) mass is 272 g/mol. The first-order valence-electron chi connectivity index (χ1n) is 7.29. The number of hydrogen-bond acceptors (Lipinski definition) is 4. The lowest BCUT2D eigenvalue weighted by molar-refractivity contribution is -0.143. The first kappa shape index (κ1) is 17.9. The van der Waals surface area contributed by atoms with Gasteiger partial charge in [-0.05, 0) is 40.2 Å². The van der Waals surface area contributed by atoms with Gasteiger partial charge in [-0.25, -0.2) is 0 Å². The Balaban J connectivity index is 3.40. The molecule has 0 atom stereocenters. The molecule has 0 fully saturated rings. The molecule has 0 rings (SSSR count). The van der Waals surface area contributed by atoms with E-state index in [0.717, 1.165) is 38.9 Å². The van der Waals surface area contributed by atoms with E-state index in [2.05, 4.69) is 5.32 Å². The van der Waals surface area contributed by atoms with Crippen molar-refractivity contribution in [3.8, 4) is 0 Å². The number of carbonyl (C=O) groups is 2. The quantitative estimate of drug-likeness (QED) is 0.458. The van der Waals surface area contributed by atoms with Crippen molar-refractivity contribution >= 4 is 11.9 Å². The summed E-state index contributed by atoms with van der Waals surface area (Å²) in [5, 5.41) is 3.14. The molecular weight excluding hydrogens is 244 g/mol. The van der Waals surface area contributed by atoms with Gasteiger partial charge in [0.05, 0.1) is 13.2 Å². The van der Waals surface area contributed by atoms with Crippen molar-refractivity contribution in [2.45, 2.75) is 46.5 Å². The fourth-order valence-electron chi connectivity index (χ4n) is 1.81. The zero-order valence-corrected chi connectivity index (χ0v) is 12.5. The second-order valence-electron chi connectivity index (χ2n) is 4.36. The minimum Gasteiger partial charge on any atom is -0.466 e. The molecule has 0 saturated carbocycles. The molecule has 5 heteroatoms. The maximum Gasteiger partial charge on any atom is 0.305 e. The SMILES string of the molecule is CCOC(=O)CCCCCNCC(=O)N(CC)CC. The van der Waals surface area contributed by atoms with E-state index in [9.17, 15) is 9.59 Å². The molecule has 1 N–H and O–H groups in total. The predicted molar refractivity (Wildman–Crippen MR) is 75.9 cm³/mol. The molecular formula is C14H28N2O3. The highest BCUT2D eigenvalue weighted by Gasteiger charge is 2.07. The molecule has 112 valence electrons. The van der Waals surface area contributed by atoms with Gasteiger partial charge < -0.3 is 15.0 Å². The number of nitrogens with zero attached hydrogens (tertiary/aromatic N) is 1. The molecule has 0 aliphatic heterocycles. The molecule has 19 heavy (non-hydrogen) atoms. The average Bonchev–Trinajstić information content (AvgIpc) is 2.39. The number of rotatable bonds is 11. The van der Waals surface area contributed by atoms with E-state index in [1.54, 1.807) is 0 Å². The first-order chi connectivity index (χ1) is 9.15. The Bertz CT molecular complexity index is 253. The van der Waals surface area contributed by atoms with E-state index < -0.39 is 0 Å². The van der Waals surface area contributed by atoms with Crippen molar-refractivity contribution in [3.63, 3.8) is 0 Å². The van der Waals surface area contributed by atoms with Crippen molar-refractivity contribution in [1.29, 1.82) is 0 Å². The highest BCUT2D eigenvalue weighted by atomic mass is 16.5. The summed E-state index contributed by atoms with van der Waals surface area (Å²) < 4.78 is 4.85. The number of unbranched alkanes of at least 4 members (excludes halogenated alkanes) is 2. The van der Waals surface area contributed by atoms with Crippen LogP contribution in [0.5, 0.6) is 0 Å². The van der Waals surface area contributed by atoms with Crippen LogP contribution in [0.25, 0.3) is 0 Å². The summed E-state index contributed by atoms with van der Waals surface area (Å²) in [5.74, 6) is 0.0312. The number of esters is 1. The first-order valence-corrected chi connectivity index (χ1v) is 7.29. The minimum absolute atomic E-state index is 0.118. The number of ether oxygens (including phenoxy) is 1. The zero-order chi connectivity index (χ0) is 14.5. The maximum absolute atomic E-state index is 11.7. The molecule has 0 aliphatic rings. The molecule has 0 heterocycles. The largest absolute Gasteiger partial charge is 0.466 e. The molecule has 0 aromatic heterocycles. The summed E-state index contributed by atoms with van der Waals surface area (Å²) in [6, 6.07) is 0. The van der Waals surface area contributed by atoms with Crippen LogP contribution in [0.2, 0.25) is 0 Å². The zero-order valence-electron chi connectivity index (χ0n) is 12.5. The van der Waals surface area contributed by atoms with Crippen LogP contribution in [0.4, 0.5) is 0 Å². The molecule has 0 aromatic rings. The third-order valence-electron chi connectivity index (χ3n) is 2.93. The van der Waals surface area contributed by atoms with Gasteiger partial charge in [0.15, 0.2) is 0 Å². The van der Waals surface area contributed by atoms with Crippen molar-refractivity contribution in [2.24, 2.45) is 0 Å². The van der Waals surface area contributed by atoms with Gasteiger partial charge in [-0.3, -0.25) is 9.59 Å². The van der Waals surface area contributed by atoms with Gasteiger partial charge in [0, 0.05) is 19.5 Å². The lowest BCUT2D eigenvalue weighted by atomic mass is 10.2. The van der Waals surface area contributed by atoms with Gasteiger partial charge in [-0.2, -0.15) is 0 Å². The molecule has 0 saturated heterocycles. The molecule has 0 aromatic carbocycles. The van der Waals surface area contributed by atoms with Gasteiger partial charge in [-0.1, -0.05) is 6.42 Å². The number of nitrogens with one attached hydrogen (secondary N) is 1. The number of likely N-dealkylation sites (N-methyl/N-ethyl adjacent to an activating group) is 1. The van der Waals surface area contributed by atoms with Crippen molar-refractivity contribution in [1.82, 2.24) is 10.2 Å². The summed E-state index contributed by atoms with van der Waals surface area (Å²) in [6.07, 6.45) is 3.30. The Morgan fingerprint density at radius 2 is 1.74 bits per heavy atom. The van der Waals surface area contributed by atoms with Gasteiger partial charge in [0.1, 0.15) is 0 Å². The number of hydrogen-bond donors (Lipinski definition) is 1. The highest BCUT2D eigenvalue weighted by molar-refractivity contribution is 5.78. The Labute approximate surface area is 116 Å². The van der Waals surface area contributed by atoms with Crippen LogP contribution in [0, 0.1) is 0 Å². The van der Waals surface area contributed by atoms with E-state index in [1.165, 1.54) is 0 Å². The lowest BCUT2D eigenvalue weighted by Gasteiger charge is -2.18. The van der Waals surface area contributed by atoms with E-state index in [1.807, 2.05) is 25.7 Å². The van der Waals surface area contributed by atoms with E-state index in [-0.39, 0.29) is 11.9 Å². The molecule has 0 aliphatic carbocycles. The van der Waals surface area contributed by atoms with Crippen LogP contribution in [-0.4, -0.2) is 49.6 Å². The molecule has 0 unspecified atom stereocenters. The Hall–Kier alpha value is -1.10. The minimum atomic E-state index is -0.118. The van der Waals surface area contributed by atoms with Crippen molar-refractivity contribution in [2.75, 3.05) is 32.8 Å². The van der Waals surface area contributed by atoms with Gasteiger partial charge >= 0.3 is 5.97 Å². The van der Waals surface area contributed by atoms with Crippen molar-refractivity contribution < 1.29 is 14.3 Å². The van der Waals surface area contributed by atoms with Crippen LogP contribution in [-0.2, 0) is 14.3 Å². The molecule has 0 radical (unpaired) electrons. The topological polar surface area (TPSA) is 58.6 Å². The molecule has 0 bridgehead atoms. The Morgan fingerprint density at radius 1 is 1.05 bits per heavy atom. The third kappa shape index (κ3) is 9.47. The normalized spacial score (nSPS) is 10.3. The Kier molecular flexibility index (Phi) is 11.3. The fourth-order valence-corrected chi connectivity index (χ4v) is 1.81. The summed E-state index contributed by atoms with van der Waals surface area (Å²) in [4.78, 5) is 24.5. The molecule has 5 nitrogen and oxygen atoms in total. The summed E-state index contributed by atoms with van der Waals surface area (Å²) >= 11 is 0. The van der Waals surface area contributed by atoms with Crippen LogP contribution in [0.1, 0.15) is 46.5 Å². The Morgan fingerprint density at radius 3 is 2.32 bits per heavy atom. The van der Waals surface area contributed by atoms with Crippen LogP contribution >= 0.6 is 0 Å². The third-order valence-corrected chi connectivity index (χ3v) is 2.93. The van der Waals surface area contributed by atoms with E-state index in [0.29, 0.717) is 19.6 Å². The molecule has 0 spiro atoms. The average molecular weight is 272 g/mol. The van der Waals surface area contributed by atoms with Crippen molar-refractivity contribution in [3.05, 3.63) is 0 Å². The second-order valence-corrected chi connectivity index (χ2v) is 4.36. The van der Waals surface area contributed by atoms with Gasteiger partial charge in [0.2, 0.25) is 5.91 Å². The van der Waals surface area contributed by atoms with E-state index in [4.69, 9.17) is 4.74 Å². The summed E-state index contributed by atoms with van der Waals surface area (Å²) in [7, 11) is 0. The van der Waals surface area contributed by atoms with Crippen LogP contribution in [0.15, 0.2) is 0 Å². The summed E-state index contributed by atoms with van der Waals surface area (Å²) in [6.45, 7) is 8.97. The highest BCUT2D eigenvalue weighted by Crippen LogP contribution is 2.00. The smallest absolute Gasteiger partial charge is 0.305 e. The maximum atomic E-state index is 11.7. The van der Waals surface area contributed by atoms with Crippen LogP contribution < -0.4 is 5.32 Å². The summed E-state index contributed by atoms with van der Waals surface area (Å²) in [5.41, 5.74) is 0. The van der Waals surface area contributed by atoms with Gasteiger partial charge in [-0.15, -0.1) is 0 Å². The standard InChI is InChI=1S/C14H28N2O3/c1-4-16(5-2)13(17)12-15-11-9-7-8-10-14(18)19-6-3/h15H,4-12H2,1-3H3. The predicted octanol–water partition coefficient (Wildman–Crippen LogP) is 1.57. The number of carbonyl (C=O) groups excluding carboxylic acids is 2. The fraction of sp³-hybridized carbons (Fsp3) is 0.857. The van der Waals surface area contributed by atoms with E-state index >= 15 is 0 Å². The lowest BCUT2D eigenvalue weighted by Crippen LogP contribution is -2.38.